The second-order valence-electron chi connectivity index (χ2n) is 11.4. The maximum atomic E-state index is 14.6. The Kier molecular flexibility index (Phi) is 8.33. The van der Waals surface area contributed by atoms with Crippen LogP contribution in [0.3, 0.4) is 0 Å². The molecule has 0 aliphatic carbocycles. The van der Waals surface area contributed by atoms with Crippen molar-refractivity contribution in [1.82, 2.24) is 14.7 Å². The monoisotopic (exact) mass is 555 g/mol. The van der Waals surface area contributed by atoms with Crippen molar-refractivity contribution >= 4 is 17.8 Å². The summed E-state index contributed by atoms with van der Waals surface area (Å²) in [5.41, 5.74) is -1.39. The molecule has 1 N–H and O–H groups in total. The Morgan fingerprint density at radius 2 is 1.98 bits per heavy atom. The van der Waals surface area contributed by atoms with E-state index in [2.05, 4.69) is 11.5 Å². The Labute approximate surface area is 235 Å². The van der Waals surface area contributed by atoms with Gasteiger partial charge >= 0.3 is 5.97 Å². The van der Waals surface area contributed by atoms with E-state index in [0.717, 1.165) is 13.1 Å². The molecule has 4 aliphatic heterocycles. The first-order valence-corrected chi connectivity index (χ1v) is 14.4. The topological polar surface area (TPSA) is 109 Å². The summed E-state index contributed by atoms with van der Waals surface area (Å²) >= 11 is 0. The third kappa shape index (κ3) is 4.74. The highest BCUT2D eigenvalue weighted by Crippen LogP contribution is 2.64. The van der Waals surface area contributed by atoms with Crippen LogP contribution in [-0.2, 0) is 28.6 Å². The molecular weight excluding hydrogens is 514 g/mol. The van der Waals surface area contributed by atoms with Crippen LogP contribution in [0.4, 0.5) is 0 Å². The Morgan fingerprint density at radius 3 is 2.62 bits per heavy atom. The highest BCUT2D eigenvalue weighted by molar-refractivity contribution is 5.98. The van der Waals surface area contributed by atoms with Crippen LogP contribution >= 0.6 is 0 Å². The van der Waals surface area contributed by atoms with Crippen LogP contribution in [0.1, 0.15) is 38.3 Å². The molecule has 0 radical (unpaired) electrons. The van der Waals surface area contributed by atoms with Gasteiger partial charge in [-0.3, -0.25) is 19.3 Å². The summed E-state index contributed by atoms with van der Waals surface area (Å²) < 4.78 is 17.6. The van der Waals surface area contributed by atoms with Gasteiger partial charge in [0.25, 0.3) is 0 Å². The summed E-state index contributed by atoms with van der Waals surface area (Å²) in [6, 6.07) is 7.43. The fourth-order valence-corrected chi connectivity index (χ4v) is 7.31. The molecular formula is C30H41N3O7. The fraction of sp³-hybridized carbons (Fsp3) is 0.633. The molecule has 2 bridgehead atoms. The molecule has 40 heavy (non-hydrogen) atoms. The van der Waals surface area contributed by atoms with Crippen molar-refractivity contribution < 1.29 is 33.7 Å². The van der Waals surface area contributed by atoms with Crippen molar-refractivity contribution in [3.8, 4) is 0 Å². The van der Waals surface area contributed by atoms with Crippen LogP contribution in [0.15, 0.2) is 43.0 Å². The molecule has 0 saturated carbocycles. The maximum Gasteiger partial charge on any atom is 0.312 e. The van der Waals surface area contributed by atoms with Gasteiger partial charge in [0.15, 0.2) is 0 Å². The lowest BCUT2D eigenvalue weighted by Gasteiger charge is -2.40. The zero-order valence-corrected chi connectivity index (χ0v) is 23.5. The van der Waals surface area contributed by atoms with Crippen LogP contribution in [0.25, 0.3) is 0 Å². The second kappa shape index (κ2) is 11.6. The molecule has 218 valence electrons. The molecule has 4 heterocycles. The summed E-state index contributed by atoms with van der Waals surface area (Å²) in [6.07, 6.45) is 2.67. The van der Waals surface area contributed by atoms with Gasteiger partial charge < -0.3 is 29.1 Å². The number of nitrogens with zero attached hydrogens (tertiary/aromatic N) is 3. The number of carbonyl (C=O) groups excluding carboxylic acids is 3. The minimum Gasteiger partial charge on any atom is -0.466 e. The number of rotatable bonds is 11. The Balaban J connectivity index is 1.55. The van der Waals surface area contributed by atoms with Crippen molar-refractivity contribution in [2.75, 3.05) is 59.2 Å². The summed E-state index contributed by atoms with van der Waals surface area (Å²) in [5, 5.41) is 10.6. The molecule has 1 aromatic rings. The van der Waals surface area contributed by atoms with Crippen LogP contribution in [-0.4, -0.2) is 114 Å². The van der Waals surface area contributed by atoms with E-state index in [9.17, 15) is 19.5 Å². The zero-order valence-electron chi connectivity index (χ0n) is 23.5. The van der Waals surface area contributed by atoms with Crippen molar-refractivity contribution in [3.63, 3.8) is 0 Å². The third-order valence-corrected chi connectivity index (χ3v) is 9.13. The second-order valence-corrected chi connectivity index (χ2v) is 11.4. The van der Waals surface area contributed by atoms with Crippen molar-refractivity contribution in [1.29, 1.82) is 0 Å². The first-order valence-electron chi connectivity index (χ1n) is 14.4. The van der Waals surface area contributed by atoms with Gasteiger partial charge in [0.1, 0.15) is 17.6 Å². The first-order chi connectivity index (χ1) is 19.3. The number of amides is 2. The first kappa shape index (κ1) is 28.7. The highest BCUT2D eigenvalue weighted by Gasteiger charge is 2.79. The summed E-state index contributed by atoms with van der Waals surface area (Å²) in [6.45, 7) is 11.6. The quantitative estimate of drug-likeness (QED) is 0.323. The number of likely N-dealkylation sites (tertiary alicyclic amines) is 1. The lowest BCUT2D eigenvalue weighted by Crippen LogP contribution is -2.58. The molecule has 0 aromatic heterocycles. The number of esters is 1. The molecule has 10 heteroatoms. The van der Waals surface area contributed by atoms with E-state index in [-0.39, 0.29) is 25.0 Å². The average molecular weight is 556 g/mol. The molecule has 1 spiro atoms. The number of aliphatic hydroxyl groups is 1. The summed E-state index contributed by atoms with van der Waals surface area (Å²) in [7, 11) is 0. The number of aliphatic hydroxyl groups excluding tert-OH is 1. The van der Waals surface area contributed by atoms with Gasteiger partial charge in [0.2, 0.25) is 11.8 Å². The van der Waals surface area contributed by atoms with E-state index in [1.807, 2.05) is 37.3 Å². The van der Waals surface area contributed by atoms with Crippen LogP contribution < -0.4 is 0 Å². The maximum absolute atomic E-state index is 14.6. The Bertz CT molecular complexity index is 1110. The smallest absolute Gasteiger partial charge is 0.312 e. The molecule has 10 nitrogen and oxygen atoms in total. The molecule has 1 aromatic carbocycles. The number of carbonyl (C=O) groups is 3. The molecule has 4 saturated heterocycles. The lowest BCUT2D eigenvalue weighted by molar-refractivity contribution is -0.161. The van der Waals surface area contributed by atoms with E-state index in [1.165, 1.54) is 4.90 Å². The van der Waals surface area contributed by atoms with Crippen LogP contribution in [0.5, 0.6) is 0 Å². The van der Waals surface area contributed by atoms with Crippen molar-refractivity contribution in [3.05, 3.63) is 48.6 Å². The van der Waals surface area contributed by atoms with Gasteiger partial charge in [0.05, 0.1) is 44.0 Å². The van der Waals surface area contributed by atoms with Gasteiger partial charge in [-0.15, -0.1) is 6.58 Å². The van der Waals surface area contributed by atoms with Gasteiger partial charge in [-0.25, -0.2) is 0 Å². The number of hydrogen-bond donors (Lipinski definition) is 1. The van der Waals surface area contributed by atoms with Gasteiger partial charge in [-0.1, -0.05) is 36.4 Å². The highest BCUT2D eigenvalue weighted by atomic mass is 16.6. The van der Waals surface area contributed by atoms with E-state index >= 15 is 0 Å². The minimum absolute atomic E-state index is 0.184. The SMILES string of the molecule is C=CCN(CCN1CCOCC1)C(=O)C1N([C@H](CO)c2ccccc2)C(=O)[C@@H]2[C@H](C(=O)OCC)[C@]3(C)CCC12O3. The van der Waals surface area contributed by atoms with Crippen LogP contribution in [0, 0.1) is 11.8 Å². The van der Waals surface area contributed by atoms with E-state index in [4.69, 9.17) is 14.2 Å². The zero-order chi connectivity index (χ0) is 28.5. The van der Waals surface area contributed by atoms with Gasteiger partial charge in [-0.05, 0) is 32.3 Å². The van der Waals surface area contributed by atoms with Crippen molar-refractivity contribution in [2.45, 2.75) is 50.0 Å². The lowest BCUT2D eigenvalue weighted by atomic mass is 9.66. The van der Waals surface area contributed by atoms with Crippen molar-refractivity contribution in [2.24, 2.45) is 11.8 Å². The predicted molar refractivity (Wildman–Crippen MR) is 146 cm³/mol. The summed E-state index contributed by atoms with van der Waals surface area (Å²) in [4.78, 5) is 47.8. The molecule has 5 rings (SSSR count). The van der Waals surface area contributed by atoms with Crippen LogP contribution in [0.2, 0.25) is 0 Å². The minimum atomic E-state index is -1.19. The predicted octanol–water partition coefficient (Wildman–Crippen LogP) is 1.39. The molecule has 2 amide bonds. The van der Waals surface area contributed by atoms with E-state index in [1.54, 1.807) is 17.9 Å². The Morgan fingerprint density at radius 1 is 1.25 bits per heavy atom. The molecule has 4 fully saturated rings. The normalized spacial score (nSPS) is 32.1. The average Bonchev–Trinajstić information content (AvgIpc) is 3.53. The number of benzene rings is 1. The largest absolute Gasteiger partial charge is 0.466 e. The van der Waals surface area contributed by atoms with E-state index < -0.39 is 41.1 Å². The standard InChI is InChI=1S/C30H41N3O7/c1-4-13-32(15-14-31-16-18-38-19-17-31)27(36)25-30-12-11-29(3,40-30)24(28(37)39-5-2)23(30)26(35)33(25)22(20-34)21-9-7-6-8-10-21/h4,6-10,22-25,34H,1,5,11-20H2,2-3H3/t22-,23+,24-,25?,29+,30?/m1/s1. The Hall–Kier alpha value is -2.79. The van der Waals surface area contributed by atoms with E-state index in [0.29, 0.717) is 51.3 Å². The number of morpholine rings is 1. The number of ether oxygens (including phenoxy) is 3. The molecule has 4 aliphatic rings. The van der Waals surface area contributed by atoms with Gasteiger partial charge in [-0.2, -0.15) is 0 Å². The molecule has 2 unspecified atom stereocenters. The summed E-state index contributed by atoms with van der Waals surface area (Å²) in [5.74, 6) is -2.79. The van der Waals surface area contributed by atoms with Gasteiger partial charge in [0, 0.05) is 32.7 Å². The molecule has 6 atom stereocenters. The number of fused-ring (bicyclic) bond motifs is 1. The number of hydrogen-bond acceptors (Lipinski definition) is 8. The third-order valence-electron chi connectivity index (χ3n) is 9.13. The fourth-order valence-electron chi connectivity index (χ4n) is 7.31.